The molecular formula is C10H10N2OS. The standard InChI is InChI=1S/C10H10N2OS/c1-2-4-9-8(3-1)12-10(13-9)14-7-5-11-6-7/h1-4,7,11H,5-6H2. The molecule has 1 fully saturated rings. The first-order chi connectivity index (χ1) is 6.92. The monoisotopic (exact) mass is 206 g/mol. The van der Waals surface area contributed by atoms with Crippen LogP contribution in [0.15, 0.2) is 33.9 Å². The van der Waals surface area contributed by atoms with E-state index in [1.165, 1.54) is 0 Å². The molecule has 0 bridgehead atoms. The van der Waals surface area contributed by atoms with Crippen LogP contribution in [0.5, 0.6) is 0 Å². The summed E-state index contributed by atoms with van der Waals surface area (Å²) in [6, 6.07) is 7.87. The van der Waals surface area contributed by atoms with E-state index in [0.717, 1.165) is 29.4 Å². The Morgan fingerprint density at radius 2 is 2.21 bits per heavy atom. The summed E-state index contributed by atoms with van der Waals surface area (Å²) in [6.45, 7) is 2.12. The molecule has 0 radical (unpaired) electrons. The third kappa shape index (κ3) is 1.40. The molecule has 4 heteroatoms. The molecule has 1 aliphatic rings. The van der Waals surface area contributed by atoms with Crippen molar-refractivity contribution in [2.45, 2.75) is 10.5 Å². The summed E-state index contributed by atoms with van der Waals surface area (Å²) in [5.74, 6) is 0. The minimum Gasteiger partial charge on any atom is -0.431 e. The van der Waals surface area contributed by atoms with Crippen molar-refractivity contribution in [3.63, 3.8) is 0 Å². The zero-order valence-corrected chi connectivity index (χ0v) is 8.38. The van der Waals surface area contributed by atoms with Gasteiger partial charge in [-0.1, -0.05) is 23.9 Å². The Kier molecular flexibility index (Phi) is 1.96. The van der Waals surface area contributed by atoms with Crippen LogP contribution in [0.3, 0.4) is 0 Å². The van der Waals surface area contributed by atoms with Crippen molar-refractivity contribution in [2.24, 2.45) is 0 Å². The number of hydrogen-bond donors (Lipinski definition) is 1. The average molecular weight is 206 g/mol. The number of rotatable bonds is 2. The molecule has 0 aliphatic carbocycles. The van der Waals surface area contributed by atoms with E-state index in [9.17, 15) is 0 Å². The van der Waals surface area contributed by atoms with E-state index in [0.29, 0.717) is 5.25 Å². The third-order valence-corrected chi connectivity index (χ3v) is 3.33. The molecule has 0 atom stereocenters. The SMILES string of the molecule is c1ccc2oc(SC3CNC3)nc2c1. The fourth-order valence-corrected chi connectivity index (χ4v) is 2.37. The molecule has 2 aromatic rings. The maximum absolute atomic E-state index is 5.60. The summed E-state index contributed by atoms with van der Waals surface area (Å²) in [5.41, 5.74) is 1.82. The quantitative estimate of drug-likeness (QED) is 0.814. The Bertz CT molecular complexity index is 417. The van der Waals surface area contributed by atoms with Gasteiger partial charge in [0.1, 0.15) is 5.52 Å². The van der Waals surface area contributed by atoms with Gasteiger partial charge in [0, 0.05) is 18.3 Å². The molecule has 0 saturated carbocycles. The molecule has 72 valence electrons. The van der Waals surface area contributed by atoms with Crippen LogP contribution < -0.4 is 5.32 Å². The van der Waals surface area contributed by atoms with Gasteiger partial charge in [0.2, 0.25) is 0 Å². The predicted octanol–water partition coefficient (Wildman–Crippen LogP) is 1.89. The highest BCUT2D eigenvalue weighted by Gasteiger charge is 2.20. The van der Waals surface area contributed by atoms with Crippen LogP contribution in [0.1, 0.15) is 0 Å². The van der Waals surface area contributed by atoms with Crippen LogP contribution in [0, 0.1) is 0 Å². The molecule has 0 amide bonds. The molecule has 1 saturated heterocycles. The van der Waals surface area contributed by atoms with Gasteiger partial charge < -0.3 is 9.73 Å². The highest BCUT2D eigenvalue weighted by Crippen LogP contribution is 2.27. The van der Waals surface area contributed by atoms with Crippen molar-refractivity contribution in [2.75, 3.05) is 13.1 Å². The summed E-state index contributed by atoms with van der Waals surface area (Å²) in [4.78, 5) is 4.40. The van der Waals surface area contributed by atoms with Crippen molar-refractivity contribution in [1.29, 1.82) is 0 Å². The largest absolute Gasteiger partial charge is 0.431 e. The molecular weight excluding hydrogens is 196 g/mol. The second-order valence-electron chi connectivity index (χ2n) is 3.35. The van der Waals surface area contributed by atoms with E-state index in [1.54, 1.807) is 11.8 Å². The first-order valence-electron chi connectivity index (χ1n) is 4.65. The van der Waals surface area contributed by atoms with Crippen molar-refractivity contribution in [3.8, 4) is 0 Å². The Hall–Kier alpha value is -1.00. The van der Waals surface area contributed by atoms with E-state index >= 15 is 0 Å². The predicted molar refractivity (Wildman–Crippen MR) is 56.5 cm³/mol. The fourth-order valence-electron chi connectivity index (χ4n) is 1.39. The Balaban J connectivity index is 1.89. The van der Waals surface area contributed by atoms with Crippen molar-refractivity contribution >= 4 is 22.9 Å². The minimum absolute atomic E-state index is 0.628. The van der Waals surface area contributed by atoms with Gasteiger partial charge in [0.25, 0.3) is 5.22 Å². The minimum atomic E-state index is 0.628. The number of benzene rings is 1. The van der Waals surface area contributed by atoms with Gasteiger partial charge in [-0.3, -0.25) is 0 Å². The lowest BCUT2D eigenvalue weighted by Crippen LogP contribution is -2.44. The number of nitrogens with one attached hydrogen (secondary N) is 1. The molecule has 1 aliphatic heterocycles. The zero-order valence-electron chi connectivity index (χ0n) is 7.56. The summed E-state index contributed by atoms with van der Waals surface area (Å²) in [6.07, 6.45) is 0. The fraction of sp³-hybridized carbons (Fsp3) is 0.300. The molecule has 14 heavy (non-hydrogen) atoms. The van der Waals surface area contributed by atoms with Gasteiger partial charge >= 0.3 is 0 Å². The highest BCUT2D eigenvalue weighted by molar-refractivity contribution is 7.99. The summed E-state index contributed by atoms with van der Waals surface area (Å²) < 4.78 is 5.60. The van der Waals surface area contributed by atoms with E-state index in [1.807, 2.05) is 24.3 Å². The van der Waals surface area contributed by atoms with Crippen LogP contribution in [0.2, 0.25) is 0 Å². The topological polar surface area (TPSA) is 38.1 Å². The van der Waals surface area contributed by atoms with E-state index in [-0.39, 0.29) is 0 Å². The molecule has 1 aromatic carbocycles. The Morgan fingerprint density at radius 1 is 1.36 bits per heavy atom. The summed E-state index contributed by atoms with van der Waals surface area (Å²) in [7, 11) is 0. The number of aromatic nitrogens is 1. The highest BCUT2D eigenvalue weighted by atomic mass is 32.2. The van der Waals surface area contributed by atoms with Gasteiger partial charge in [0.05, 0.1) is 0 Å². The Morgan fingerprint density at radius 3 is 2.93 bits per heavy atom. The first kappa shape index (κ1) is 8.32. The van der Waals surface area contributed by atoms with Crippen molar-refractivity contribution in [3.05, 3.63) is 24.3 Å². The molecule has 0 spiro atoms. The number of nitrogens with zero attached hydrogens (tertiary/aromatic N) is 1. The average Bonchev–Trinajstić information content (AvgIpc) is 2.53. The number of fused-ring (bicyclic) bond motifs is 1. The van der Waals surface area contributed by atoms with Gasteiger partial charge in [-0.15, -0.1) is 0 Å². The lowest BCUT2D eigenvalue weighted by molar-refractivity contribution is 0.479. The smallest absolute Gasteiger partial charge is 0.257 e. The number of oxazole rings is 1. The molecule has 0 unspecified atom stereocenters. The Labute approximate surface area is 85.9 Å². The van der Waals surface area contributed by atoms with Crippen LogP contribution in [0.4, 0.5) is 0 Å². The van der Waals surface area contributed by atoms with Crippen LogP contribution in [0.25, 0.3) is 11.1 Å². The molecule has 3 rings (SSSR count). The van der Waals surface area contributed by atoms with Crippen molar-refractivity contribution < 1.29 is 4.42 Å². The third-order valence-electron chi connectivity index (χ3n) is 2.29. The van der Waals surface area contributed by atoms with Crippen molar-refractivity contribution in [1.82, 2.24) is 10.3 Å². The van der Waals surface area contributed by atoms with E-state index < -0.39 is 0 Å². The van der Waals surface area contributed by atoms with E-state index in [2.05, 4.69) is 10.3 Å². The molecule has 1 aromatic heterocycles. The van der Waals surface area contributed by atoms with Gasteiger partial charge in [-0.2, -0.15) is 0 Å². The van der Waals surface area contributed by atoms with Gasteiger partial charge in [-0.25, -0.2) is 4.98 Å². The normalized spacial score (nSPS) is 17.1. The number of para-hydroxylation sites is 2. The first-order valence-corrected chi connectivity index (χ1v) is 5.53. The lowest BCUT2D eigenvalue weighted by Gasteiger charge is -2.24. The summed E-state index contributed by atoms with van der Waals surface area (Å²) in [5, 5.41) is 4.64. The second-order valence-corrected chi connectivity index (χ2v) is 4.60. The zero-order chi connectivity index (χ0) is 9.38. The maximum atomic E-state index is 5.60. The number of thioether (sulfide) groups is 1. The van der Waals surface area contributed by atoms with Gasteiger partial charge in [-0.05, 0) is 12.1 Å². The second kappa shape index (κ2) is 3.29. The summed E-state index contributed by atoms with van der Waals surface area (Å²) >= 11 is 1.72. The van der Waals surface area contributed by atoms with Gasteiger partial charge in [0.15, 0.2) is 5.58 Å². The molecule has 3 nitrogen and oxygen atoms in total. The molecule has 1 N–H and O–H groups in total. The lowest BCUT2D eigenvalue weighted by atomic mass is 10.3. The maximum Gasteiger partial charge on any atom is 0.257 e. The number of hydrogen-bond acceptors (Lipinski definition) is 4. The van der Waals surface area contributed by atoms with E-state index in [4.69, 9.17) is 4.42 Å². The van der Waals surface area contributed by atoms with Crippen LogP contribution in [-0.2, 0) is 0 Å². The van der Waals surface area contributed by atoms with Crippen LogP contribution in [-0.4, -0.2) is 23.3 Å². The van der Waals surface area contributed by atoms with Crippen LogP contribution >= 0.6 is 11.8 Å². The molecule has 2 heterocycles.